The average molecular weight is 141 g/mol. The minimum atomic E-state index is -0.116. The summed E-state index contributed by atoms with van der Waals surface area (Å²) in [6, 6.07) is -0.116. The number of nitrogens with zero attached hydrogens (tertiary/aromatic N) is 3. The number of anilines is 1. The molecule has 4 N–H and O–H groups in total. The first kappa shape index (κ1) is 7.01. The molecule has 0 saturated carbocycles. The molecule has 5 heteroatoms. The molecular weight excluding hydrogens is 130 g/mol. The topological polar surface area (TPSA) is 82.8 Å². The van der Waals surface area contributed by atoms with Crippen molar-refractivity contribution >= 4 is 5.95 Å². The normalized spacial score (nSPS) is 13.5. The van der Waals surface area contributed by atoms with E-state index in [4.69, 9.17) is 11.5 Å². The van der Waals surface area contributed by atoms with Gasteiger partial charge in [0.25, 0.3) is 0 Å². The van der Waals surface area contributed by atoms with Crippen molar-refractivity contribution in [2.24, 2.45) is 12.8 Å². The first-order valence-electron chi connectivity index (χ1n) is 3.03. The lowest BCUT2D eigenvalue weighted by molar-refractivity contribution is 0.639. The molecule has 0 aromatic carbocycles. The number of hydrogen-bond acceptors (Lipinski definition) is 4. The molecule has 1 atom stereocenters. The molecule has 56 valence electrons. The van der Waals surface area contributed by atoms with E-state index in [9.17, 15) is 0 Å². The summed E-state index contributed by atoms with van der Waals surface area (Å²) in [4.78, 5) is 3.91. The quantitative estimate of drug-likeness (QED) is 0.548. The molecule has 10 heavy (non-hydrogen) atoms. The van der Waals surface area contributed by atoms with E-state index in [2.05, 4.69) is 10.1 Å². The second-order valence-electron chi connectivity index (χ2n) is 2.24. The van der Waals surface area contributed by atoms with Crippen molar-refractivity contribution in [1.29, 1.82) is 0 Å². The van der Waals surface area contributed by atoms with Crippen molar-refractivity contribution in [2.45, 2.75) is 13.0 Å². The molecule has 1 aromatic heterocycles. The molecule has 0 bridgehead atoms. The van der Waals surface area contributed by atoms with Gasteiger partial charge in [0.2, 0.25) is 5.95 Å². The summed E-state index contributed by atoms with van der Waals surface area (Å²) in [6.07, 6.45) is 0. The third-order valence-corrected chi connectivity index (χ3v) is 1.22. The Bertz CT molecular complexity index is 226. The molecular formula is C5H11N5. The van der Waals surface area contributed by atoms with Crippen LogP contribution in [-0.4, -0.2) is 14.8 Å². The van der Waals surface area contributed by atoms with Gasteiger partial charge in [-0.3, -0.25) is 0 Å². The summed E-state index contributed by atoms with van der Waals surface area (Å²) in [5.74, 6) is 0.979. The fraction of sp³-hybridized carbons (Fsp3) is 0.600. The molecule has 1 heterocycles. The Labute approximate surface area is 59.0 Å². The van der Waals surface area contributed by atoms with Crippen LogP contribution in [-0.2, 0) is 7.05 Å². The first-order chi connectivity index (χ1) is 4.61. The van der Waals surface area contributed by atoms with E-state index in [1.165, 1.54) is 0 Å². The Balaban J connectivity index is 3.03. The van der Waals surface area contributed by atoms with Crippen LogP contribution in [0.2, 0.25) is 0 Å². The maximum atomic E-state index is 5.55. The molecule has 0 saturated heterocycles. The first-order valence-corrected chi connectivity index (χ1v) is 3.03. The largest absolute Gasteiger partial charge is 0.366 e. The zero-order valence-electron chi connectivity index (χ0n) is 6.07. The van der Waals surface area contributed by atoms with Crippen LogP contribution in [0.25, 0.3) is 0 Å². The molecule has 1 aromatic rings. The Kier molecular flexibility index (Phi) is 1.58. The van der Waals surface area contributed by atoms with Crippen molar-refractivity contribution in [3.05, 3.63) is 5.82 Å². The van der Waals surface area contributed by atoms with Gasteiger partial charge in [0.05, 0.1) is 6.04 Å². The zero-order valence-corrected chi connectivity index (χ0v) is 6.07. The van der Waals surface area contributed by atoms with E-state index in [1.54, 1.807) is 11.7 Å². The lowest BCUT2D eigenvalue weighted by Crippen LogP contribution is -2.11. The summed E-state index contributed by atoms with van der Waals surface area (Å²) in [7, 11) is 1.77. The average Bonchev–Trinajstić information content (AvgIpc) is 2.10. The number of nitrogens with two attached hydrogens (primary N) is 2. The molecule has 1 rings (SSSR count). The lowest BCUT2D eigenvalue weighted by Gasteiger charge is -2.00. The third kappa shape index (κ3) is 1.08. The second-order valence-corrected chi connectivity index (χ2v) is 2.24. The Hall–Kier alpha value is -1.10. The Morgan fingerprint density at radius 1 is 1.60 bits per heavy atom. The van der Waals surface area contributed by atoms with Gasteiger partial charge in [0, 0.05) is 7.05 Å². The van der Waals surface area contributed by atoms with Crippen LogP contribution < -0.4 is 11.5 Å². The number of hydrogen-bond donors (Lipinski definition) is 2. The fourth-order valence-electron chi connectivity index (χ4n) is 0.814. The van der Waals surface area contributed by atoms with E-state index >= 15 is 0 Å². The molecule has 0 amide bonds. The van der Waals surface area contributed by atoms with Crippen molar-refractivity contribution in [2.75, 3.05) is 5.73 Å². The summed E-state index contributed by atoms with van der Waals surface area (Å²) < 4.78 is 1.58. The van der Waals surface area contributed by atoms with Gasteiger partial charge in [-0.15, -0.1) is 5.10 Å². The van der Waals surface area contributed by atoms with E-state index in [0.717, 1.165) is 0 Å². The lowest BCUT2D eigenvalue weighted by atomic mass is 10.3. The highest BCUT2D eigenvalue weighted by Gasteiger charge is 2.07. The van der Waals surface area contributed by atoms with Crippen LogP contribution in [0.5, 0.6) is 0 Å². The third-order valence-electron chi connectivity index (χ3n) is 1.22. The Morgan fingerprint density at radius 2 is 2.20 bits per heavy atom. The number of aromatic nitrogens is 3. The van der Waals surface area contributed by atoms with Crippen LogP contribution in [0, 0.1) is 0 Å². The van der Waals surface area contributed by atoms with E-state index in [-0.39, 0.29) is 12.0 Å². The molecule has 5 nitrogen and oxygen atoms in total. The van der Waals surface area contributed by atoms with Gasteiger partial charge in [-0.2, -0.15) is 4.98 Å². The maximum absolute atomic E-state index is 5.55. The summed E-state index contributed by atoms with van der Waals surface area (Å²) in [5, 5.41) is 3.84. The molecule has 0 spiro atoms. The van der Waals surface area contributed by atoms with Crippen LogP contribution in [0.1, 0.15) is 18.8 Å². The predicted molar refractivity (Wildman–Crippen MR) is 38.0 cm³/mol. The number of aryl methyl sites for hydroxylation is 1. The molecule has 0 aliphatic heterocycles. The van der Waals surface area contributed by atoms with E-state index in [0.29, 0.717) is 5.82 Å². The Morgan fingerprint density at radius 3 is 2.40 bits per heavy atom. The summed E-state index contributed by atoms with van der Waals surface area (Å²) >= 11 is 0. The molecule has 0 radical (unpaired) electrons. The van der Waals surface area contributed by atoms with Crippen molar-refractivity contribution in [1.82, 2.24) is 14.8 Å². The van der Waals surface area contributed by atoms with Crippen LogP contribution in [0.3, 0.4) is 0 Å². The standard InChI is InChI=1S/C5H11N5/c1-3(6)4-8-5(7)9-10(4)2/h3H,6H2,1-2H3,(H2,7,9)/t3-/m0/s1. The van der Waals surface area contributed by atoms with E-state index < -0.39 is 0 Å². The zero-order chi connectivity index (χ0) is 7.72. The van der Waals surface area contributed by atoms with Crippen molar-refractivity contribution in [3.8, 4) is 0 Å². The predicted octanol–water partition coefficient (Wildman–Crippen LogP) is -0.583. The highest BCUT2D eigenvalue weighted by Crippen LogP contribution is 2.05. The van der Waals surface area contributed by atoms with Gasteiger partial charge in [-0.25, -0.2) is 4.68 Å². The number of rotatable bonds is 1. The highest BCUT2D eigenvalue weighted by molar-refractivity contribution is 5.14. The van der Waals surface area contributed by atoms with Gasteiger partial charge in [-0.05, 0) is 6.92 Å². The number of nitrogen functional groups attached to an aromatic ring is 1. The van der Waals surface area contributed by atoms with E-state index in [1.807, 2.05) is 6.92 Å². The minimum absolute atomic E-state index is 0.116. The van der Waals surface area contributed by atoms with Crippen molar-refractivity contribution in [3.63, 3.8) is 0 Å². The minimum Gasteiger partial charge on any atom is -0.366 e. The molecule has 0 aliphatic rings. The molecule has 0 unspecified atom stereocenters. The maximum Gasteiger partial charge on any atom is 0.239 e. The molecule has 0 fully saturated rings. The van der Waals surface area contributed by atoms with Crippen molar-refractivity contribution < 1.29 is 0 Å². The highest BCUT2D eigenvalue weighted by atomic mass is 15.4. The van der Waals surface area contributed by atoms with Crippen LogP contribution in [0.4, 0.5) is 5.95 Å². The smallest absolute Gasteiger partial charge is 0.239 e. The SMILES string of the molecule is C[C@H](N)c1nc(N)nn1C. The second kappa shape index (κ2) is 2.26. The van der Waals surface area contributed by atoms with Gasteiger partial charge in [0.15, 0.2) is 0 Å². The van der Waals surface area contributed by atoms with Crippen LogP contribution in [0.15, 0.2) is 0 Å². The monoisotopic (exact) mass is 141 g/mol. The van der Waals surface area contributed by atoms with Gasteiger partial charge in [0.1, 0.15) is 5.82 Å². The van der Waals surface area contributed by atoms with Crippen LogP contribution >= 0.6 is 0 Å². The fourth-order valence-corrected chi connectivity index (χ4v) is 0.814. The van der Waals surface area contributed by atoms with Gasteiger partial charge < -0.3 is 11.5 Å². The summed E-state index contributed by atoms with van der Waals surface area (Å²) in [6.45, 7) is 1.84. The van der Waals surface area contributed by atoms with Gasteiger partial charge in [-0.1, -0.05) is 0 Å². The summed E-state index contributed by atoms with van der Waals surface area (Å²) in [5.41, 5.74) is 10.9. The van der Waals surface area contributed by atoms with Gasteiger partial charge >= 0.3 is 0 Å². The molecule has 0 aliphatic carbocycles.